The van der Waals surface area contributed by atoms with Gasteiger partial charge < -0.3 is 10.5 Å². The molecule has 0 aliphatic heterocycles. The molecule has 2 nitrogen and oxygen atoms in total. The van der Waals surface area contributed by atoms with Crippen molar-refractivity contribution in [1.29, 1.82) is 0 Å². The zero-order valence-electron chi connectivity index (χ0n) is 14.3. The second-order valence-corrected chi connectivity index (χ2v) is 6.31. The lowest BCUT2D eigenvalue weighted by Crippen LogP contribution is -2.07. The first-order valence-corrected chi connectivity index (χ1v) is 8.03. The highest BCUT2D eigenvalue weighted by molar-refractivity contribution is 5.63. The Hall–Kier alpha value is -1.28. The van der Waals surface area contributed by atoms with Gasteiger partial charge in [0, 0.05) is 19.4 Å². The zero-order chi connectivity index (χ0) is 15.8. The predicted molar refractivity (Wildman–Crippen MR) is 93.6 cm³/mol. The molecule has 0 fully saturated rings. The van der Waals surface area contributed by atoms with Gasteiger partial charge in [-0.05, 0) is 66.8 Å². The molecule has 0 heterocycles. The standard InChI is InChI=1S/C19H31NO/c1-6-8-16-12-18(20)13-17(9-7-10-21-5)19(16)15(4)11-14(2)3/h6,8,12-15H,7,9-11,20H2,1-5H3/b8-6-. The van der Waals surface area contributed by atoms with E-state index in [4.69, 9.17) is 10.5 Å². The number of nitrogen functional groups attached to an aromatic ring is 1. The Bertz CT molecular complexity index is 463. The molecule has 2 heteroatoms. The Balaban J connectivity index is 3.18. The monoisotopic (exact) mass is 289 g/mol. The van der Waals surface area contributed by atoms with Gasteiger partial charge in [0.2, 0.25) is 0 Å². The molecule has 21 heavy (non-hydrogen) atoms. The van der Waals surface area contributed by atoms with Crippen LogP contribution in [0.1, 0.15) is 63.1 Å². The fraction of sp³-hybridized carbons (Fsp3) is 0.579. The van der Waals surface area contributed by atoms with Gasteiger partial charge in [-0.15, -0.1) is 0 Å². The highest BCUT2D eigenvalue weighted by Crippen LogP contribution is 2.32. The van der Waals surface area contributed by atoms with Crippen LogP contribution in [0.15, 0.2) is 18.2 Å². The smallest absolute Gasteiger partial charge is 0.0465 e. The average molecular weight is 289 g/mol. The van der Waals surface area contributed by atoms with Crippen molar-refractivity contribution in [1.82, 2.24) is 0 Å². The zero-order valence-corrected chi connectivity index (χ0v) is 14.3. The number of methoxy groups -OCH3 is 1. The average Bonchev–Trinajstić information content (AvgIpc) is 2.38. The van der Waals surface area contributed by atoms with Gasteiger partial charge in [-0.3, -0.25) is 0 Å². The normalized spacial score (nSPS) is 13.2. The molecule has 0 spiro atoms. The van der Waals surface area contributed by atoms with Crippen molar-refractivity contribution in [3.8, 4) is 0 Å². The molecule has 0 amide bonds. The summed E-state index contributed by atoms with van der Waals surface area (Å²) in [6, 6.07) is 4.25. The van der Waals surface area contributed by atoms with Crippen molar-refractivity contribution in [2.24, 2.45) is 5.92 Å². The number of ether oxygens (including phenoxy) is 1. The summed E-state index contributed by atoms with van der Waals surface area (Å²) in [4.78, 5) is 0. The fourth-order valence-corrected chi connectivity index (χ4v) is 3.12. The lowest BCUT2D eigenvalue weighted by molar-refractivity contribution is 0.195. The number of rotatable bonds is 8. The third kappa shape index (κ3) is 5.55. The SMILES string of the molecule is C/C=C\c1cc(N)cc(CCCOC)c1C(C)CC(C)C. The lowest BCUT2D eigenvalue weighted by atomic mass is 9.84. The third-order valence-corrected chi connectivity index (χ3v) is 3.78. The largest absolute Gasteiger partial charge is 0.399 e. The van der Waals surface area contributed by atoms with Crippen molar-refractivity contribution in [2.45, 2.75) is 52.9 Å². The minimum atomic E-state index is 0.550. The fourth-order valence-electron chi connectivity index (χ4n) is 3.12. The summed E-state index contributed by atoms with van der Waals surface area (Å²) in [5.74, 6) is 1.25. The molecule has 0 bridgehead atoms. The van der Waals surface area contributed by atoms with Gasteiger partial charge in [0.05, 0.1) is 0 Å². The molecule has 1 rings (SSSR count). The van der Waals surface area contributed by atoms with Crippen LogP contribution in [0.2, 0.25) is 0 Å². The Morgan fingerprint density at radius 1 is 1.24 bits per heavy atom. The number of hydrogen-bond acceptors (Lipinski definition) is 2. The lowest BCUT2D eigenvalue weighted by Gasteiger charge is -2.22. The summed E-state index contributed by atoms with van der Waals surface area (Å²) in [5, 5.41) is 0. The van der Waals surface area contributed by atoms with E-state index >= 15 is 0 Å². The van der Waals surface area contributed by atoms with E-state index in [0.717, 1.165) is 25.1 Å². The van der Waals surface area contributed by atoms with E-state index in [1.54, 1.807) is 7.11 Å². The maximum Gasteiger partial charge on any atom is 0.0465 e. The van der Waals surface area contributed by atoms with E-state index in [0.29, 0.717) is 11.8 Å². The molecule has 1 atom stereocenters. The van der Waals surface area contributed by atoms with Gasteiger partial charge in [-0.2, -0.15) is 0 Å². The van der Waals surface area contributed by atoms with Crippen LogP contribution in [-0.2, 0) is 11.2 Å². The Kier molecular flexibility index (Phi) is 7.52. The number of benzene rings is 1. The molecule has 1 aromatic carbocycles. The van der Waals surface area contributed by atoms with E-state index in [-0.39, 0.29) is 0 Å². The van der Waals surface area contributed by atoms with Gasteiger partial charge in [0.25, 0.3) is 0 Å². The first kappa shape index (κ1) is 17.8. The maximum absolute atomic E-state index is 6.10. The second kappa shape index (κ2) is 8.89. The molecule has 0 radical (unpaired) electrons. The second-order valence-electron chi connectivity index (χ2n) is 6.31. The van der Waals surface area contributed by atoms with E-state index in [2.05, 4.69) is 52.0 Å². The van der Waals surface area contributed by atoms with Gasteiger partial charge in [-0.25, -0.2) is 0 Å². The topological polar surface area (TPSA) is 35.2 Å². The van der Waals surface area contributed by atoms with Crippen LogP contribution in [-0.4, -0.2) is 13.7 Å². The molecule has 1 unspecified atom stereocenters. The molecule has 0 aliphatic carbocycles. The van der Waals surface area contributed by atoms with E-state index in [9.17, 15) is 0 Å². The van der Waals surface area contributed by atoms with Crippen molar-refractivity contribution >= 4 is 11.8 Å². The molecule has 0 saturated heterocycles. The van der Waals surface area contributed by atoms with Gasteiger partial charge in [0.1, 0.15) is 0 Å². The van der Waals surface area contributed by atoms with Gasteiger partial charge in [-0.1, -0.05) is 32.9 Å². The van der Waals surface area contributed by atoms with Crippen LogP contribution in [0.3, 0.4) is 0 Å². The molecule has 2 N–H and O–H groups in total. The molecular formula is C19H31NO. The summed E-state index contributed by atoms with van der Waals surface area (Å²) >= 11 is 0. The molecular weight excluding hydrogens is 258 g/mol. The van der Waals surface area contributed by atoms with E-state index < -0.39 is 0 Å². The van der Waals surface area contributed by atoms with Crippen molar-refractivity contribution in [2.75, 3.05) is 19.5 Å². The van der Waals surface area contributed by atoms with Crippen LogP contribution in [0.4, 0.5) is 5.69 Å². The molecule has 0 saturated carbocycles. The molecule has 0 aliphatic rings. The highest BCUT2D eigenvalue weighted by atomic mass is 16.5. The number of allylic oxidation sites excluding steroid dienone is 1. The van der Waals surface area contributed by atoms with Crippen LogP contribution >= 0.6 is 0 Å². The van der Waals surface area contributed by atoms with Crippen LogP contribution in [0.5, 0.6) is 0 Å². The van der Waals surface area contributed by atoms with Crippen LogP contribution < -0.4 is 5.73 Å². The van der Waals surface area contributed by atoms with Crippen molar-refractivity contribution < 1.29 is 4.74 Å². The minimum absolute atomic E-state index is 0.550. The van der Waals surface area contributed by atoms with Gasteiger partial charge >= 0.3 is 0 Å². The van der Waals surface area contributed by atoms with Crippen LogP contribution in [0, 0.1) is 5.92 Å². The summed E-state index contributed by atoms with van der Waals surface area (Å²) in [5.41, 5.74) is 11.1. The Morgan fingerprint density at radius 3 is 2.52 bits per heavy atom. The summed E-state index contributed by atoms with van der Waals surface area (Å²) < 4.78 is 5.19. The van der Waals surface area contributed by atoms with Crippen LogP contribution in [0.25, 0.3) is 6.08 Å². The first-order valence-electron chi connectivity index (χ1n) is 8.03. The van der Waals surface area contributed by atoms with E-state index in [1.807, 2.05) is 0 Å². The predicted octanol–water partition coefficient (Wildman–Crippen LogP) is 5.03. The summed E-state index contributed by atoms with van der Waals surface area (Å²) in [6.07, 6.45) is 7.55. The van der Waals surface area contributed by atoms with Gasteiger partial charge in [0.15, 0.2) is 0 Å². The molecule has 118 valence electrons. The maximum atomic E-state index is 6.10. The Labute approximate surface area is 130 Å². The Morgan fingerprint density at radius 2 is 1.95 bits per heavy atom. The van der Waals surface area contributed by atoms with Crippen molar-refractivity contribution in [3.63, 3.8) is 0 Å². The quantitative estimate of drug-likeness (QED) is 0.538. The number of hydrogen-bond donors (Lipinski definition) is 1. The number of nitrogens with two attached hydrogens (primary N) is 1. The molecule has 1 aromatic rings. The number of anilines is 1. The summed E-state index contributed by atoms with van der Waals surface area (Å²) in [7, 11) is 1.76. The first-order chi connectivity index (χ1) is 9.99. The van der Waals surface area contributed by atoms with Crippen molar-refractivity contribution in [3.05, 3.63) is 34.9 Å². The molecule has 0 aromatic heterocycles. The number of aryl methyl sites for hydroxylation is 1. The minimum Gasteiger partial charge on any atom is -0.399 e. The van der Waals surface area contributed by atoms with E-state index in [1.165, 1.54) is 23.1 Å². The third-order valence-electron chi connectivity index (χ3n) is 3.78. The highest BCUT2D eigenvalue weighted by Gasteiger charge is 2.16. The summed E-state index contributed by atoms with van der Waals surface area (Å²) in [6.45, 7) is 9.76.